The van der Waals surface area contributed by atoms with Gasteiger partial charge < -0.3 is 24.3 Å². The Labute approximate surface area is 165 Å². The highest BCUT2D eigenvalue weighted by Gasteiger charge is 2.22. The largest absolute Gasteiger partial charge is 0.454 e. The van der Waals surface area contributed by atoms with E-state index in [0.717, 1.165) is 55.5 Å². The Kier molecular flexibility index (Phi) is 5.38. The zero-order chi connectivity index (χ0) is 19.5. The van der Waals surface area contributed by atoms with Gasteiger partial charge in [-0.15, -0.1) is 0 Å². The van der Waals surface area contributed by atoms with E-state index < -0.39 is 0 Å². The highest BCUT2D eigenvalue weighted by Crippen LogP contribution is 2.34. The summed E-state index contributed by atoms with van der Waals surface area (Å²) < 4.78 is 12.8. The van der Waals surface area contributed by atoms with E-state index >= 15 is 0 Å². The summed E-state index contributed by atoms with van der Waals surface area (Å²) in [5.74, 6) is 2.54. The molecule has 8 heteroatoms. The molecule has 0 radical (unpaired) electrons. The average molecular weight is 385 g/mol. The quantitative estimate of drug-likeness (QED) is 0.873. The van der Waals surface area contributed by atoms with E-state index in [1.165, 1.54) is 0 Å². The Hall–Kier alpha value is -2.74. The third kappa shape index (κ3) is 4.06. The van der Waals surface area contributed by atoms with Gasteiger partial charge in [0.15, 0.2) is 11.5 Å². The van der Waals surface area contributed by atoms with Gasteiger partial charge in [-0.05, 0) is 31.0 Å². The second-order valence-corrected chi connectivity index (χ2v) is 7.36. The molecular formula is C20H27N5O3. The lowest BCUT2D eigenvalue weighted by Gasteiger charge is -2.24. The molecule has 3 heterocycles. The van der Waals surface area contributed by atoms with Crippen molar-refractivity contribution in [3.63, 3.8) is 0 Å². The maximum atomic E-state index is 12.8. The first-order valence-corrected chi connectivity index (χ1v) is 9.73. The van der Waals surface area contributed by atoms with Crippen molar-refractivity contribution in [3.05, 3.63) is 42.0 Å². The number of hydrogen-bond donors (Lipinski definition) is 1. The Morgan fingerprint density at radius 2 is 2.07 bits per heavy atom. The summed E-state index contributed by atoms with van der Waals surface area (Å²) in [6.45, 7) is 6.34. The van der Waals surface area contributed by atoms with Crippen molar-refractivity contribution in [1.29, 1.82) is 0 Å². The van der Waals surface area contributed by atoms with E-state index in [1.54, 1.807) is 0 Å². The highest BCUT2D eigenvalue weighted by molar-refractivity contribution is 5.74. The maximum absolute atomic E-state index is 12.8. The van der Waals surface area contributed by atoms with Crippen molar-refractivity contribution in [2.45, 2.75) is 25.9 Å². The number of aryl methyl sites for hydroxylation is 1. The van der Waals surface area contributed by atoms with Crippen molar-refractivity contribution < 1.29 is 14.3 Å². The molecule has 2 aliphatic rings. The van der Waals surface area contributed by atoms with Crippen molar-refractivity contribution in [2.75, 3.05) is 33.0 Å². The monoisotopic (exact) mass is 385 g/mol. The van der Waals surface area contributed by atoms with Crippen LogP contribution in [0.3, 0.4) is 0 Å². The second-order valence-electron chi connectivity index (χ2n) is 7.36. The van der Waals surface area contributed by atoms with Crippen LogP contribution in [-0.4, -0.2) is 58.4 Å². The molecule has 1 aromatic carbocycles. The summed E-state index contributed by atoms with van der Waals surface area (Å²) in [6, 6.07) is 5.67. The van der Waals surface area contributed by atoms with Crippen LogP contribution in [0.1, 0.15) is 30.8 Å². The molecule has 28 heavy (non-hydrogen) atoms. The van der Waals surface area contributed by atoms with E-state index in [4.69, 9.17) is 9.47 Å². The van der Waals surface area contributed by atoms with Crippen LogP contribution in [0, 0.1) is 0 Å². The molecule has 0 bridgehead atoms. The first-order valence-electron chi connectivity index (χ1n) is 9.73. The van der Waals surface area contributed by atoms with Gasteiger partial charge in [0.05, 0.1) is 12.6 Å². The van der Waals surface area contributed by atoms with Gasteiger partial charge in [-0.1, -0.05) is 6.07 Å². The van der Waals surface area contributed by atoms with Crippen molar-refractivity contribution in [2.24, 2.45) is 7.05 Å². The van der Waals surface area contributed by atoms with Gasteiger partial charge in [-0.2, -0.15) is 0 Å². The zero-order valence-corrected chi connectivity index (χ0v) is 16.4. The fraction of sp³-hybridized carbons (Fsp3) is 0.500. The van der Waals surface area contributed by atoms with Crippen LogP contribution in [0.2, 0.25) is 0 Å². The lowest BCUT2D eigenvalue weighted by atomic mass is 10.1. The molecule has 1 fully saturated rings. The fourth-order valence-electron chi connectivity index (χ4n) is 3.62. The number of benzene rings is 1. The number of urea groups is 1. The Morgan fingerprint density at radius 1 is 1.21 bits per heavy atom. The molecule has 0 aliphatic carbocycles. The molecular weight excluding hydrogens is 358 g/mol. The van der Waals surface area contributed by atoms with Crippen molar-refractivity contribution in [1.82, 2.24) is 24.7 Å². The molecule has 2 amide bonds. The van der Waals surface area contributed by atoms with E-state index in [2.05, 4.69) is 15.2 Å². The van der Waals surface area contributed by atoms with E-state index in [1.807, 2.05) is 54.0 Å². The molecule has 0 saturated carbocycles. The van der Waals surface area contributed by atoms with Gasteiger partial charge >= 0.3 is 6.03 Å². The minimum Gasteiger partial charge on any atom is -0.454 e. The molecule has 4 rings (SSSR count). The van der Waals surface area contributed by atoms with E-state index in [0.29, 0.717) is 6.54 Å². The average Bonchev–Trinajstić information content (AvgIpc) is 3.24. The number of fused-ring (bicyclic) bond motifs is 1. The first kappa shape index (κ1) is 18.6. The van der Waals surface area contributed by atoms with Gasteiger partial charge in [0, 0.05) is 45.6 Å². The molecule has 150 valence electrons. The topological polar surface area (TPSA) is 71.9 Å². The van der Waals surface area contributed by atoms with Crippen LogP contribution >= 0.6 is 0 Å². The molecule has 1 saturated heterocycles. The van der Waals surface area contributed by atoms with Gasteiger partial charge in [-0.3, -0.25) is 4.90 Å². The third-order valence-corrected chi connectivity index (χ3v) is 5.40. The van der Waals surface area contributed by atoms with Gasteiger partial charge in [0.25, 0.3) is 0 Å². The standard InChI is InChI=1S/C20H27N5O3/c1-15(16-4-5-17-18(12-16)28-14-27-17)22-20(26)25-8-3-7-24(10-11-25)13-19-21-6-9-23(19)2/h4-6,9,12,15H,3,7-8,10-11,13-14H2,1-2H3,(H,22,26). The van der Waals surface area contributed by atoms with Crippen LogP contribution in [-0.2, 0) is 13.6 Å². The number of nitrogens with one attached hydrogen (secondary N) is 1. The molecule has 0 spiro atoms. The minimum absolute atomic E-state index is 0.0241. The van der Waals surface area contributed by atoms with Crippen molar-refractivity contribution >= 4 is 6.03 Å². The molecule has 1 atom stereocenters. The summed E-state index contributed by atoms with van der Waals surface area (Å²) in [6.07, 6.45) is 4.74. The number of hydrogen-bond acceptors (Lipinski definition) is 5. The predicted molar refractivity (Wildman–Crippen MR) is 104 cm³/mol. The SMILES string of the molecule is CC(NC(=O)N1CCCN(Cc2nccn2C)CC1)c1ccc2c(c1)OCO2. The Balaban J connectivity index is 1.31. The Bertz CT molecular complexity index is 837. The number of rotatable bonds is 4. The second kappa shape index (κ2) is 8.10. The molecule has 1 aromatic heterocycles. The number of aromatic nitrogens is 2. The van der Waals surface area contributed by atoms with Crippen LogP contribution in [0.15, 0.2) is 30.6 Å². The number of carbonyl (C=O) groups is 1. The van der Waals surface area contributed by atoms with Crippen LogP contribution in [0.5, 0.6) is 11.5 Å². The predicted octanol–water partition coefficient (Wildman–Crippen LogP) is 2.13. The fourth-order valence-corrected chi connectivity index (χ4v) is 3.62. The summed E-state index contributed by atoms with van der Waals surface area (Å²) >= 11 is 0. The minimum atomic E-state index is -0.103. The summed E-state index contributed by atoms with van der Waals surface area (Å²) in [5, 5.41) is 3.11. The number of ether oxygens (including phenoxy) is 2. The third-order valence-electron chi connectivity index (χ3n) is 5.40. The lowest BCUT2D eigenvalue weighted by molar-refractivity contribution is 0.174. The number of imidazole rings is 1. The number of amides is 2. The van der Waals surface area contributed by atoms with Gasteiger partial charge in [0.1, 0.15) is 5.82 Å². The molecule has 1 N–H and O–H groups in total. The van der Waals surface area contributed by atoms with E-state index in [9.17, 15) is 4.79 Å². The number of carbonyl (C=O) groups excluding carboxylic acids is 1. The molecule has 2 aliphatic heterocycles. The van der Waals surface area contributed by atoms with Gasteiger partial charge in [0.2, 0.25) is 6.79 Å². The van der Waals surface area contributed by atoms with Crippen LogP contribution in [0.25, 0.3) is 0 Å². The normalized spacial score (nSPS) is 18.0. The van der Waals surface area contributed by atoms with Crippen molar-refractivity contribution in [3.8, 4) is 11.5 Å². The summed E-state index contributed by atoms with van der Waals surface area (Å²) in [7, 11) is 2.01. The van der Waals surface area contributed by atoms with Crippen LogP contribution < -0.4 is 14.8 Å². The zero-order valence-electron chi connectivity index (χ0n) is 16.4. The highest BCUT2D eigenvalue weighted by atomic mass is 16.7. The smallest absolute Gasteiger partial charge is 0.317 e. The maximum Gasteiger partial charge on any atom is 0.317 e. The number of nitrogens with zero attached hydrogens (tertiary/aromatic N) is 4. The summed E-state index contributed by atoms with van der Waals surface area (Å²) in [5.41, 5.74) is 1.00. The van der Waals surface area contributed by atoms with E-state index in [-0.39, 0.29) is 18.9 Å². The molecule has 8 nitrogen and oxygen atoms in total. The first-order chi connectivity index (χ1) is 13.6. The van der Waals surface area contributed by atoms with Crippen LogP contribution in [0.4, 0.5) is 4.79 Å². The molecule has 1 unspecified atom stereocenters. The lowest BCUT2D eigenvalue weighted by Crippen LogP contribution is -2.42. The summed E-state index contributed by atoms with van der Waals surface area (Å²) in [4.78, 5) is 21.4. The van der Waals surface area contributed by atoms with Gasteiger partial charge in [-0.25, -0.2) is 9.78 Å². The Morgan fingerprint density at radius 3 is 2.89 bits per heavy atom. The molecule has 2 aromatic rings.